The quantitative estimate of drug-likeness (QED) is 0.142. The second-order valence-electron chi connectivity index (χ2n) is 13.4. The van der Waals surface area contributed by atoms with E-state index in [1.165, 1.54) is 40.2 Å². The number of unbranched alkanes of at least 4 members (excludes halogenated alkanes) is 2. The molecule has 2 aliphatic heterocycles. The fourth-order valence-electron chi connectivity index (χ4n) is 7.03. The van der Waals surface area contributed by atoms with Crippen LogP contribution in [0.3, 0.4) is 0 Å². The first-order valence-corrected chi connectivity index (χ1v) is 16.5. The minimum atomic E-state index is -0.106. The number of aromatic nitrogens is 4. The van der Waals surface area contributed by atoms with E-state index in [0.29, 0.717) is 18.8 Å². The normalized spacial score (nSPS) is 17.0. The highest BCUT2D eigenvalue weighted by atomic mass is 16.1. The Balaban J connectivity index is 1.04. The molecule has 2 aliphatic rings. The number of anilines is 1. The van der Waals surface area contributed by atoms with Gasteiger partial charge in [-0.15, -0.1) is 20.4 Å². The van der Waals surface area contributed by atoms with Gasteiger partial charge in [-0.05, 0) is 50.0 Å². The summed E-state index contributed by atoms with van der Waals surface area (Å²) in [6.45, 7) is 10.7. The molecular weight excluding hydrogens is 582 g/mol. The third-order valence-electron chi connectivity index (χ3n) is 9.64. The highest BCUT2D eigenvalue weighted by Gasteiger charge is 2.43. The van der Waals surface area contributed by atoms with Gasteiger partial charge in [-0.2, -0.15) is 4.58 Å². The Morgan fingerprint density at radius 2 is 1.55 bits per heavy atom. The molecule has 47 heavy (non-hydrogen) atoms. The molecule has 0 aliphatic carbocycles. The number of hydrogen-bond donors (Lipinski definition) is 1. The van der Waals surface area contributed by atoms with Crippen molar-refractivity contribution in [1.82, 2.24) is 25.7 Å². The molecule has 0 unspecified atom stereocenters. The minimum Gasteiger partial charge on any atom is -0.352 e. The predicted molar refractivity (Wildman–Crippen MR) is 188 cm³/mol. The maximum absolute atomic E-state index is 12.6. The number of para-hydroxylation sites is 2. The molecule has 0 saturated carbocycles. The highest BCUT2D eigenvalue weighted by Crippen LogP contribution is 2.47. The number of allylic oxidation sites excluding steroid dienone is 4. The van der Waals surface area contributed by atoms with Crippen molar-refractivity contribution < 1.29 is 9.37 Å². The Morgan fingerprint density at radius 3 is 2.30 bits per heavy atom. The first kappa shape index (κ1) is 32.0. The second-order valence-corrected chi connectivity index (χ2v) is 13.4. The summed E-state index contributed by atoms with van der Waals surface area (Å²) >= 11 is 0. The molecule has 0 radical (unpaired) electrons. The fraction of sp³-hybridized carbons (Fsp3) is 0.333. The van der Waals surface area contributed by atoms with E-state index in [4.69, 9.17) is 0 Å². The van der Waals surface area contributed by atoms with Crippen LogP contribution in [0.4, 0.5) is 11.4 Å². The van der Waals surface area contributed by atoms with E-state index in [2.05, 4.69) is 137 Å². The third-order valence-corrected chi connectivity index (χ3v) is 9.64. The van der Waals surface area contributed by atoms with E-state index in [1.807, 2.05) is 24.3 Å². The van der Waals surface area contributed by atoms with Crippen molar-refractivity contribution in [2.24, 2.45) is 0 Å². The smallest absolute Gasteiger partial charge is 0.220 e. The molecular formula is C39H44N7O+. The molecule has 1 aromatic heterocycles. The SMILES string of the molecule is C[N+]1=C(C=CC=C2N(CCCCCC(=O)NCc3ccc(-c4nncnn4)cc3)c3ccccc3C2(C)C)C(C)(C)c2ccccc21. The highest BCUT2D eigenvalue weighted by molar-refractivity contribution is 6.03. The lowest BCUT2D eigenvalue weighted by atomic mass is 9.81. The van der Waals surface area contributed by atoms with Crippen molar-refractivity contribution >= 4 is 23.0 Å². The van der Waals surface area contributed by atoms with Gasteiger partial charge >= 0.3 is 0 Å². The average molecular weight is 627 g/mol. The van der Waals surface area contributed by atoms with Gasteiger partial charge in [0.2, 0.25) is 17.4 Å². The summed E-state index contributed by atoms with van der Waals surface area (Å²) in [6, 6.07) is 25.2. The number of amides is 1. The van der Waals surface area contributed by atoms with Gasteiger partial charge in [-0.1, -0.05) is 87.0 Å². The minimum absolute atomic E-state index is 0.0568. The molecule has 8 heteroatoms. The van der Waals surface area contributed by atoms with E-state index < -0.39 is 0 Å². The lowest BCUT2D eigenvalue weighted by molar-refractivity contribution is -0.401. The van der Waals surface area contributed by atoms with Crippen LogP contribution >= 0.6 is 0 Å². The Kier molecular flexibility index (Phi) is 9.12. The molecule has 6 rings (SSSR count). The Hall–Kier alpha value is -4.98. The van der Waals surface area contributed by atoms with Crippen molar-refractivity contribution in [1.29, 1.82) is 0 Å². The zero-order valence-corrected chi connectivity index (χ0v) is 28.1. The van der Waals surface area contributed by atoms with Gasteiger partial charge in [-0.3, -0.25) is 4.79 Å². The van der Waals surface area contributed by atoms with Crippen LogP contribution in [0.15, 0.2) is 103 Å². The number of fused-ring (bicyclic) bond motifs is 2. The lowest BCUT2D eigenvalue weighted by Crippen LogP contribution is -2.27. The van der Waals surface area contributed by atoms with Crippen LogP contribution in [0.5, 0.6) is 0 Å². The number of hydrogen-bond acceptors (Lipinski definition) is 6. The van der Waals surface area contributed by atoms with Crippen molar-refractivity contribution in [2.45, 2.75) is 70.8 Å². The number of nitrogens with zero attached hydrogens (tertiary/aromatic N) is 6. The Labute approximate surface area is 278 Å². The first-order valence-electron chi connectivity index (χ1n) is 16.5. The maximum atomic E-state index is 12.6. The van der Waals surface area contributed by atoms with Gasteiger partial charge in [0.05, 0.1) is 5.41 Å². The molecule has 0 bridgehead atoms. The van der Waals surface area contributed by atoms with Gasteiger partial charge in [-0.25, -0.2) is 0 Å². The van der Waals surface area contributed by atoms with Gasteiger partial charge in [0, 0.05) is 59.6 Å². The molecule has 3 heterocycles. The van der Waals surface area contributed by atoms with Crippen LogP contribution in [0.25, 0.3) is 11.4 Å². The van der Waals surface area contributed by atoms with E-state index in [-0.39, 0.29) is 16.7 Å². The summed E-state index contributed by atoms with van der Waals surface area (Å²) in [6.07, 6.45) is 11.5. The molecule has 3 aromatic carbocycles. The molecule has 1 amide bonds. The number of carbonyl (C=O) groups excluding carboxylic acids is 1. The number of benzene rings is 3. The van der Waals surface area contributed by atoms with Gasteiger partial charge < -0.3 is 10.2 Å². The topological polar surface area (TPSA) is 86.9 Å². The summed E-state index contributed by atoms with van der Waals surface area (Å²) in [5.41, 5.74) is 9.58. The Bertz CT molecular complexity index is 1840. The van der Waals surface area contributed by atoms with E-state index in [9.17, 15) is 4.79 Å². The standard InChI is InChI=1S/C39H43N7O/c1-38(2)30-14-8-10-16-32(30)45(5)34(38)18-13-19-35-39(3,4)31-15-9-11-17-33(31)46(35)25-12-6-7-20-36(47)40-26-28-21-23-29(24-22-28)37-43-41-27-42-44-37/h8-11,13-19,21-24,27H,6-7,12,20,25-26H2,1-5H3/p+1. The Morgan fingerprint density at radius 1 is 0.851 bits per heavy atom. The number of rotatable bonds is 11. The molecule has 0 spiro atoms. The summed E-state index contributed by atoms with van der Waals surface area (Å²) in [5, 5.41) is 18.6. The molecule has 0 saturated heterocycles. The van der Waals surface area contributed by atoms with Crippen LogP contribution in [-0.2, 0) is 22.2 Å². The van der Waals surface area contributed by atoms with Gasteiger partial charge in [0.15, 0.2) is 12.0 Å². The van der Waals surface area contributed by atoms with Crippen molar-refractivity contribution in [3.05, 3.63) is 120 Å². The van der Waals surface area contributed by atoms with Gasteiger partial charge in [0.25, 0.3) is 0 Å². The van der Waals surface area contributed by atoms with E-state index in [1.54, 1.807) is 0 Å². The van der Waals surface area contributed by atoms with Crippen molar-refractivity contribution in [2.75, 3.05) is 18.5 Å². The molecule has 4 aromatic rings. The number of nitrogens with one attached hydrogen (secondary N) is 1. The second kappa shape index (κ2) is 13.4. The first-order chi connectivity index (χ1) is 22.7. The van der Waals surface area contributed by atoms with Crippen molar-refractivity contribution in [3.63, 3.8) is 0 Å². The predicted octanol–water partition coefficient (Wildman–Crippen LogP) is 7.05. The molecule has 8 nitrogen and oxygen atoms in total. The van der Waals surface area contributed by atoms with Crippen LogP contribution in [0.1, 0.15) is 70.1 Å². The molecule has 0 fully saturated rings. The van der Waals surface area contributed by atoms with Crippen molar-refractivity contribution in [3.8, 4) is 11.4 Å². The summed E-state index contributed by atoms with van der Waals surface area (Å²) in [5.74, 6) is 0.557. The number of carbonyl (C=O) groups is 1. The van der Waals surface area contributed by atoms with E-state index >= 15 is 0 Å². The summed E-state index contributed by atoms with van der Waals surface area (Å²) in [4.78, 5) is 15.1. The average Bonchev–Trinajstić information content (AvgIpc) is 3.42. The third kappa shape index (κ3) is 6.50. The molecule has 0 atom stereocenters. The zero-order chi connectivity index (χ0) is 33.0. The lowest BCUT2D eigenvalue weighted by Gasteiger charge is -2.27. The fourth-order valence-corrected chi connectivity index (χ4v) is 7.03. The van der Waals surface area contributed by atoms with E-state index in [0.717, 1.165) is 36.9 Å². The maximum Gasteiger partial charge on any atom is 0.220 e. The summed E-state index contributed by atoms with van der Waals surface area (Å²) < 4.78 is 2.32. The molecule has 1 N–H and O–H groups in total. The van der Waals surface area contributed by atoms with Crippen LogP contribution in [0, 0.1) is 0 Å². The summed E-state index contributed by atoms with van der Waals surface area (Å²) in [7, 11) is 2.16. The van der Waals surface area contributed by atoms with Crippen LogP contribution < -0.4 is 10.2 Å². The van der Waals surface area contributed by atoms with Gasteiger partial charge in [0.1, 0.15) is 7.05 Å². The molecule has 240 valence electrons. The largest absolute Gasteiger partial charge is 0.352 e. The van der Waals surface area contributed by atoms with Crippen LogP contribution in [0.2, 0.25) is 0 Å². The van der Waals surface area contributed by atoms with Crippen LogP contribution in [-0.4, -0.2) is 50.2 Å². The zero-order valence-electron chi connectivity index (χ0n) is 28.1. The monoisotopic (exact) mass is 626 g/mol.